The monoisotopic (exact) mass is 418 g/mol. The first-order valence-electron chi connectivity index (χ1n) is 7.08. The largest absolute Gasteiger partial charge is 0.337 e. The highest BCUT2D eigenvalue weighted by atomic mass is 127. The van der Waals surface area contributed by atoms with Crippen molar-refractivity contribution in [3.8, 4) is 11.3 Å². The Bertz CT molecular complexity index is 925. The van der Waals surface area contributed by atoms with E-state index in [1.807, 2.05) is 31.2 Å². The summed E-state index contributed by atoms with van der Waals surface area (Å²) < 4.78 is 15.2. The average Bonchev–Trinajstić information content (AvgIpc) is 2.91. The van der Waals surface area contributed by atoms with E-state index < -0.39 is 0 Å². The highest BCUT2D eigenvalue weighted by molar-refractivity contribution is 14.1. The number of aromatic nitrogens is 2. The van der Waals surface area contributed by atoms with Crippen molar-refractivity contribution in [3.05, 3.63) is 63.1 Å². The lowest BCUT2D eigenvalue weighted by Gasteiger charge is -2.10. The molecule has 1 aliphatic heterocycles. The predicted molar refractivity (Wildman–Crippen MR) is 97.7 cm³/mol. The number of aliphatic imine (C=N–C) groups is 1. The van der Waals surface area contributed by atoms with E-state index in [2.05, 4.69) is 43.1 Å². The molecule has 1 aromatic heterocycles. The highest BCUT2D eigenvalue weighted by Gasteiger charge is 2.21. The highest BCUT2D eigenvalue weighted by Crippen LogP contribution is 2.37. The van der Waals surface area contributed by atoms with Gasteiger partial charge in [0.1, 0.15) is 11.7 Å². The smallest absolute Gasteiger partial charge is 0.142 e. The molecule has 0 fully saturated rings. The van der Waals surface area contributed by atoms with E-state index >= 15 is 0 Å². The van der Waals surface area contributed by atoms with Crippen LogP contribution >= 0.6 is 22.6 Å². The number of aryl methyl sites for hydroxylation is 1. The minimum Gasteiger partial charge on any atom is -0.337 e. The van der Waals surface area contributed by atoms with E-state index in [9.17, 15) is 4.39 Å². The first kappa shape index (κ1) is 14.4. The van der Waals surface area contributed by atoms with Crippen molar-refractivity contribution >= 4 is 39.8 Å². The molecule has 2 heterocycles. The molecule has 4 rings (SSSR count). The van der Waals surface area contributed by atoms with E-state index in [0.29, 0.717) is 11.4 Å². The predicted octanol–water partition coefficient (Wildman–Crippen LogP) is 4.63. The molecule has 2 aromatic carbocycles. The third kappa shape index (κ3) is 2.42. The third-order valence-electron chi connectivity index (χ3n) is 3.75. The van der Waals surface area contributed by atoms with E-state index in [1.54, 1.807) is 12.3 Å². The summed E-state index contributed by atoms with van der Waals surface area (Å²) in [5.74, 6) is 0.182. The number of hydrogen-bond donors (Lipinski definition) is 2. The Hall–Kier alpha value is -2.22. The molecule has 0 atom stereocenters. The fourth-order valence-electron chi connectivity index (χ4n) is 2.65. The molecule has 0 unspecified atom stereocenters. The Labute approximate surface area is 146 Å². The van der Waals surface area contributed by atoms with E-state index in [-0.39, 0.29) is 5.82 Å². The van der Waals surface area contributed by atoms with Gasteiger partial charge in [0, 0.05) is 9.13 Å². The number of benzene rings is 2. The molecule has 6 heteroatoms. The molecule has 0 radical (unpaired) electrons. The summed E-state index contributed by atoms with van der Waals surface area (Å²) in [5, 5.41) is 10.3. The summed E-state index contributed by atoms with van der Waals surface area (Å²) >= 11 is 2.12. The molecule has 3 aromatic rings. The van der Waals surface area contributed by atoms with Crippen LogP contribution in [0, 0.1) is 16.3 Å². The van der Waals surface area contributed by atoms with Crippen LogP contribution in [0.1, 0.15) is 11.1 Å². The molecule has 2 N–H and O–H groups in total. The van der Waals surface area contributed by atoms with Gasteiger partial charge in [0.05, 0.1) is 28.8 Å². The zero-order valence-electron chi connectivity index (χ0n) is 12.2. The second kappa shape index (κ2) is 5.45. The number of nitrogens with one attached hydrogen (secondary N) is 2. The van der Waals surface area contributed by atoms with Crippen LogP contribution in [0.25, 0.3) is 11.3 Å². The Morgan fingerprint density at radius 2 is 2.04 bits per heavy atom. The number of fused-ring (bicyclic) bond motifs is 3. The molecule has 0 bridgehead atoms. The summed E-state index contributed by atoms with van der Waals surface area (Å²) in [6.45, 7) is 2.03. The molecule has 0 spiro atoms. The average molecular weight is 418 g/mol. The van der Waals surface area contributed by atoms with Crippen LogP contribution in [0.15, 0.2) is 47.6 Å². The Balaban J connectivity index is 1.99. The normalized spacial score (nSPS) is 12.7. The second-order valence-electron chi connectivity index (χ2n) is 5.36. The SMILES string of the molecule is Cc1ccc2c(c1)-c1[nH]ncc1NC(c1c(F)cccc1I)=N2. The van der Waals surface area contributed by atoms with Gasteiger partial charge in [-0.1, -0.05) is 17.7 Å². The molecule has 0 amide bonds. The maximum Gasteiger partial charge on any atom is 0.142 e. The number of rotatable bonds is 1. The molecule has 114 valence electrons. The third-order valence-corrected chi connectivity index (χ3v) is 4.64. The summed E-state index contributed by atoms with van der Waals surface area (Å²) in [6, 6.07) is 11.0. The Morgan fingerprint density at radius 3 is 2.87 bits per heavy atom. The van der Waals surface area contributed by atoms with Crippen LogP contribution in [-0.2, 0) is 0 Å². The van der Waals surface area contributed by atoms with E-state index in [0.717, 1.165) is 31.8 Å². The molecule has 23 heavy (non-hydrogen) atoms. The molecule has 1 aliphatic rings. The number of H-pyrrole nitrogens is 1. The fraction of sp³-hybridized carbons (Fsp3) is 0.0588. The van der Waals surface area contributed by atoms with Crippen LogP contribution in [0.5, 0.6) is 0 Å². The van der Waals surface area contributed by atoms with E-state index in [4.69, 9.17) is 0 Å². The summed E-state index contributed by atoms with van der Waals surface area (Å²) in [4.78, 5) is 4.67. The Kier molecular flexibility index (Phi) is 3.41. The second-order valence-corrected chi connectivity index (χ2v) is 6.52. The van der Waals surface area contributed by atoms with Gasteiger partial charge >= 0.3 is 0 Å². The minimum atomic E-state index is -0.302. The van der Waals surface area contributed by atoms with Crippen molar-refractivity contribution in [3.63, 3.8) is 0 Å². The molecular formula is C17H12FIN4. The van der Waals surface area contributed by atoms with Crippen molar-refractivity contribution in [2.24, 2.45) is 4.99 Å². The van der Waals surface area contributed by atoms with Crippen molar-refractivity contribution in [1.29, 1.82) is 0 Å². The van der Waals surface area contributed by atoms with Gasteiger partial charge in [0.2, 0.25) is 0 Å². The molecule has 0 saturated carbocycles. The van der Waals surface area contributed by atoms with Crippen LogP contribution < -0.4 is 5.32 Å². The van der Waals surface area contributed by atoms with Gasteiger partial charge in [0.15, 0.2) is 0 Å². The van der Waals surface area contributed by atoms with Gasteiger partial charge in [-0.15, -0.1) is 0 Å². The van der Waals surface area contributed by atoms with Gasteiger partial charge in [-0.25, -0.2) is 9.38 Å². The minimum absolute atomic E-state index is 0.302. The molecule has 0 saturated heterocycles. The molecular weight excluding hydrogens is 406 g/mol. The quantitative estimate of drug-likeness (QED) is 0.567. The van der Waals surface area contributed by atoms with Gasteiger partial charge in [-0.05, 0) is 53.8 Å². The zero-order chi connectivity index (χ0) is 16.0. The van der Waals surface area contributed by atoms with Crippen LogP contribution in [0.3, 0.4) is 0 Å². The van der Waals surface area contributed by atoms with Crippen molar-refractivity contribution in [1.82, 2.24) is 10.2 Å². The molecule has 4 nitrogen and oxygen atoms in total. The van der Waals surface area contributed by atoms with Crippen molar-refractivity contribution in [2.45, 2.75) is 6.92 Å². The topological polar surface area (TPSA) is 53.1 Å². The maximum atomic E-state index is 14.4. The number of hydrogen-bond acceptors (Lipinski definition) is 3. The first-order valence-corrected chi connectivity index (χ1v) is 8.16. The van der Waals surface area contributed by atoms with Gasteiger partial charge in [0.25, 0.3) is 0 Å². The van der Waals surface area contributed by atoms with Gasteiger partial charge in [-0.3, -0.25) is 5.10 Å². The van der Waals surface area contributed by atoms with Crippen LogP contribution in [0.2, 0.25) is 0 Å². The zero-order valence-corrected chi connectivity index (χ0v) is 14.3. The van der Waals surface area contributed by atoms with E-state index in [1.165, 1.54) is 6.07 Å². The Morgan fingerprint density at radius 1 is 1.17 bits per heavy atom. The van der Waals surface area contributed by atoms with Crippen LogP contribution in [-0.4, -0.2) is 16.0 Å². The summed E-state index contributed by atoms with van der Waals surface area (Å²) in [7, 11) is 0. The number of aromatic amines is 1. The lowest BCUT2D eigenvalue weighted by molar-refractivity contribution is 0.624. The lowest BCUT2D eigenvalue weighted by atomic mass is 10.1. The van der Waals surface area contributed by atoms with Crippen molar-refractivity contribution < 1.29 is 4.39 Å². The lowest BCUT2D eigenvalue weighted by Crippen LogP contribution is -2.16. The summed E-state index contributed by atoms with van der Waals surface area (Å²) in [6.07, 6.45) is 1.69. The van der Waals surface area contributed by atoms with Crippen LogP contribution in [0.4, 0.5) is 15.8 Å². The fourth-order valence-corrected chi connectivity index (χ4v) is 3.37. The summed E-state index contributed by atoms with van der Waals surface area (Å²) in [5.41, 5.74) is 4.96. The number of anilines is 1. The molecule has 0 aliphatic carbocycles. The number of halogens is 2. The first-order chi connectivity index (χ1) is 11.1. The standard InChI is InChI=1S/C17H12FIN4/c1-9-5-6-13-10(7-9)16-14(8-20-23-16)22-17(21-13)15-11(18)3-2-4-12(15)19/h2-8H,1H3,(H,20,23)(H,21,22). The van der Waals surface area contributed by atoms with Gasteiger partial charge in [-0.2, -0.15) is 5.10 Å². The number of amidine groups is 1. The maximum absolute atomic E-state index is 14.4. The van der Waals surface area contributed by atoms with Gasteiger partial charge < -0.3 is 5.32 Å². The van der Waals surface area contributed by atoms with Crippen molar-refractivity contribution in [2.75, 3.05) is 5.32 Å². The number of nitrogens with zero attached hydrogens (tertiary/aromatic N) is 2.